The van der Waals surface area contributed by atoms with Crippen molar-refractivity contribution in [2.24, 2.45) is 0 Å². The minimum atomic E-state index is -3.72. The van der Waals surface area contributed by atoms with E-state index < -0.39 is 32.0 Å². The molecule has 0 saturated heterocycles. The molecule has 0 N–H and O–H groups in total. The fraction of sp³-hybridized carbons (Fsp3) is 1.00. The Morgan fingerprint density at radius 2 is 1.08 bits per heavy atom. The average molecular weight is 609 g/mol. The Kier molecular flexibility index (Phi) is 21.4. The number of rotatable bonds is 25. The maximum absolute atomic E-state index is 7.14. The molecule has 0 aliphatic rings. The van der Waals surface area contributed by atoms with Crippen molar-refractivity contribution in [3.63, 3.8) is 0 Å². The molecule has 0 saturated carbocycles. The maximum Gasteiger partial charge on any atom is 0.680 e. The summed E-state index contributed by atoms with van der Waals surface area (Å²) in [7, 11) is -8.67. The summed E-state index contributed by atoms with van der Waals surface area (Å²) in [4.78, 5) is -1.22. The van der Waals surface area contributed by atoms with Gasteiger partial charge in [-0.15, -0.1) is 11.7 Å². The smallest absolute Gasteiger partial charge is 0.395 e. The molecule has 0 heterocycles. The molecule has 2 unspecified atom stereocenters. The lowest BCUT2D eigenvalue weighted by atomic mass is 10.2. The van der Waals surface area contributed by atoms with E-state index >= 15 is 0 Å². The van der Waals surface area contributed by atoms with Gasteiger partial charge in [0.05, 0.1) is 0 Å². The molecule has 0 fully saturated rings. The number of hydrogen-bond donors (Lipinski definition) is 1. The van der Waals surface area contributed by atoms with E-state index in [1.165, 1.54) is 10.8 Å². The first-order valence-corrected chi connectivity index (χ1v) is 20.2. The molecule has 0 aromatic rings. The lowest BCUT2D eigenvalue weighted by molar-refractivity contribution is -0.0877. The standard InChI is InChI=1S/C22H52O9S2Si3/c1-10-19-21(33-32)20-22(34(23-11-2)24-12-3,35(25-13-4,26-14-5)27-15-6)31-36(28-16-7,29-17-8)30-18-9/h21,32,34H,10-20H2,1-9H3. The van der Waals surface area contributed by atoms with E-state index in [4.69, 9.17) is 39.8 Å². The summed E-state index contributed by atoms with van der Waals surface area (Å²) in [5, 5.41) is 0.0825. The summed E-state index contributed by atoms with van der Waals surface area (Å²) >= 11 is 4.63. The molecular formula is C22H52O9S2Si3. The van der Waals surface area contributed by atoms with E-state index in [1.807, 2.05) is 55.4 Å². The molecule has 0 bridgehead atoms. The summed E-state index contributed by atoms with van der Waals surface area (Å²) in [6.07, 6.45) is 2.35. The van der Waals surface area contributed by atoms with Crippen LogP contribution in [0.25, 0.3) is 0 Å². The van der Waals surface area contributed by atoms with Gasteiger partial charge in [0.15, 0.2) is 4.85 Å². The molecule has 0 aromatic heterocycles. The van der Waals surface area contributed by atoms with Crippen molar-refractivity contribution in [3.8, 4) is 0 Å². The normalized spacial score (nSPS) is 15.4. The third-order valence-electron chi connectivity index (χ3n) is 5.10. The van der Waals surface area contributed by atoms with Gasteiger partial charge in [0, 0.05) is 58.1 Å². The molecule has 0 aliphatic carbocycles. The molecular weight excluding hydrogens is 557 g/mol. The third kappa shape index (κ3) is 10.5. The minimum absolute atomic E-state index is 0.0825. The molecule has 0 rings (SSSR count). The molecule has 0 aliphatic heterocycles. The van der Waals surface area contributed by atoms with Gasteiger partial charge in [0.1, 0.15) is 0 Å². The highest BCUT2D eigenvalue weighted by atomic mass is 33.1. The molecule has 218 valence electrons. The van der Waals surface area contributed by atoms with Crippen molar-refractivity contribution in [3.05, 3.63) is 0 Å². The minimum Gasteiger partial charge on any atom is -0.395 e. The van der Waals surface area contributed by atoms with E-state index in [1.54, 1.807) is 0 Å². The molecule has 36 heavy (non-hydrogen) atoms. The Bertz CT molecular complexity index is 503. The van der Waals surface area contributed by atoms with Crippen molar-refractivity contribution in [2.75, 3.05) is 52.9 Å². The zero-order valence-corrected chi connectivity index (χ0v) is 28.8. The quantitative estimate of drug-likeness (QED) is 0.0883. The summed E-state index contributed by atoms with van der Waals surface area (Å²) in [5.74, 6) is 0. The van der Waals surface area contributed by atoms with Gasteiger partial charge in [-0.05, 0) is 68.2 Å². The van der Waals surface area contributed by atoms with Crippen LogP contribution in [0.1, 0.15) is 81.6 Å². The van der Waals surface area contributed by atoms with Crippen LogP contribution in [0.2, 0.25) is 0 Å². The van der Waals surface area contributed by atoms with Crippen LogP contribution in [0.15, 0.2) is 0 Å². The predicted molar refractivity (Wildman–Crippen MR) is 155 cm³/mol. The monoisotopic (exact) mass is 608 g/mol. The SMILES string of the molecule is CCCC(CC(O[Si](OCC)(OCC)OCC)([SiH](OCC)OCC)[Si](OCC)(OCC)OCC)SS. The highest BCUT2D eigenvalue weighted by Gasteiger charge is 2.73. The van der Waals surface area contributed by atoms with Gasteiger partial charge in [-0.2, -0.15) is 0 Å². The first-order chi connectivity index (χ1) is 17.3. The highest BCUT2D eigenvalue weighted by molar-refractivity contribution is 8.68. The van der Waals surface area contributed by atoms with Gasteiger partial charge in [0.25, 0.3) is 0 Å². The lowest BCUT2D eigenvalue weighted by Gasteiger charge is -2.50. The van der Waals surface area contributed by atoms with Crippen LogP contribution in [0, 0.1) is 0 Å². The largest absolute Gasteiger partial charge is 0.680 e. The lowest BCUT2D eigenvalue weighted by Crippen LogP contribution is -2.78. The summed E-state index contributed by atoms with van der Waals surface area (Å²) in [6.45, 7) is 20.6. The first kappa shape index (κ1) is 37.0. The van der Waals surface area contributed by atoms with Crippen molar-refractivity contribution < 1.29 is 39.8 Å². The first-order valence-electron chi connectivity index (χ1n) is 13.4. The van der Waals surface area contributed by atoms with Crippen LogP contribution < -0.4 is 0 Å². The van der Waals surface area contributed by atoms with Crippen LogP contribution in [-0.4, -0.2) is 90.1 Å². The van der Waals surface area contributed by atoms with Gasteiger partial charge in [-0.1, -0.05) is 24.1 Å². The molecule has 2 atom stereocenters. The Balaban J connectivity index is 7.50. The van der Waals surface area contributed by atoms with Crippen LogP contribution >= 0.6 is 22.5 Å². The molecule has 9 nitrogen and oxygen atoms in total. The van der Waals surface area contributed by atoms with Crippen molar-refractivity contribution in [2.45, 2.75) is 91.7 Å². The van der Waals surface area contributed by atoms with Gasteiger partial charge in [-0.3, -0.25) is 0 Å². The van der Waals surface area contributed by atoms with Gasteiger partial charge < -0.3 is 39.8 Å². The van der Waals surface area contributed by atoms with Crippen molar-refractivity contribution >= 4 is 49.6 Å². The van der Waals surface area contributed by atoms with E-state index in [0.717, 1.165) is 12.8 Å². The fourth-order valence-electron chi connectivity index (χ4n) is 4.02. The fourth-order valence-corrected chi connectivity index (χ4v) is 16.0. The Labute approximate surface area is 233 Å². The van der Waals surface area contributed by atoms with E-state index in [-0.39, 0.29) is 5.25 Å². The van der Waals surface area contributed by atoms with Crippen molar-refractivity contribution in [1.29, 1.82) is 0 Å². The zero-order chi connectivity index (χ0) is 27.5. The topological polar surface area (TPSA) is 83.1 Å². The van der Waals surface area contributed by atoms with Crippen LogP contribution in [0.3, 0.4) is 0 Å². The molecule has 0 spiro atoms. The third-order valence-corrected chi connectivity index (χ3v) is 17.2. The average Bonchev–Trinajstić information content (AvgIpc) is 2.84. The Hall–Kier alpha value is 0.991. The number of thiol groups is 1. The van der Waals surface area contributed by atoms with E-state index in [9.17, 15) is 0 Å². The zero-order valence-electron chi connectivity index (χ0n) is 24.0. The van der Waals surface area contributed by atoms with Gasteiger partial charge in [0.2, 0.25) is 0 Å². The molecule has 0 aromatic carbocycles. The number of hydrogen-bond acceptors (Lipinski definition) is 11. The second-order valence-corrected chi connectivity index (χ2v) is 16.9. The second-order valence-electron chi connectivity index (χ2n) is 7.61. The van der Waals surface area contributed by atoms with Crippen LogP contribution in [-0.2, 0) is 39.8 Å². The summed E-state index contributed by atoms with van der Waals surface area (Å²) < 4.78 is 58.1. The molecule has 0 amide bonds. The molecule has 0 radical (unpaired) electrons. The summed E-state index contributed by atoms with van der Waals surface area (Å²) in [6, 6.07) is 0. The predicted octanol–water partition coefficient (Wildman–Crippen LogP) is 4.84. The van der Waals surface area contributed by atoms with Gasteiger partial charge >= 0.3 is 27.1 Å². The van der Waals surface area contributed by atoms with E-state index in [2.05, 4.69) is 18.6 Å². The second kappa shape index (κ2) is 20.8. The summed E-state index contributed by atoms with van der Waals surface area (Å²) in [5.41, 5.74) is 0. The van der Waals surface area contributed by atoms with Crippen LogP contribution in [0.4, 0.5) is 0 Å². The highest BCUT2D eigenvalue weighted by Crippen LogP contribution is 2.43. The maximum atomic E-state index is 7.14. The Morgan fingerprint density at radius 1 is 0.667 bits per heavy atom. The van der Waals surface area contributed by atoms with E-state index in [0.29, 0.717) is 59.3 Å². The molecule has 14 heteroatoms. The van der Waals surface area contributed by atoms with Gasteiger partial charge in [-0.25, -0.2) is 0 Å². The van der Waals surface area contributed by atoms with Crippen LogP contribution in [0.5, 0.6) is 0 Å². The van der Waals surface area contributed by atoms with Crippen molar-refractivity contribution in [1.82, 2.24) is 0 Å². The Morgan fingerprint density at radius 3 is 1.39 bits per heavy atom.